The lowest BCUT2D eigenvalue weighted by atomic mass is 9.85. The Bertz CT molecular complexity index is 419. The molecular formula is C16H24FNO. The molecular weight excluding hydrogens is 241 g/mol. The Hall–Kier alpha value is -1.09. The van der Waals surface area contributed by atoms with Gasteiger partial charge in [-0.3, -0.25) is 0 Å². The van der Waals surface area contributed by atoms with Gasteiger partial charge in [0, 0.05) is 11.6 Å². The maximum Gasteiger partial charge on any atom is 0.131 e. The summed E-state index contributed by atoms with van der Waals surface area (Å²) in [5.41, 5.74) is 6.35. The van der Waals surface area contributed by atoms with Crippen LogP contribution in [-0.4, -0.2) is 6.10 Å². The van der Waals surface area contributed by atoms with Crippen LogP contribution in [0.4, 0.5) is 4.39 Å². The van der Waals surface area contributed by atoms with Gasteiger partial charge in [0.25, 0.3) is 0 Å². The first-order valence-electron chi connectivity index (χ1n) is 7.32. The van der Waals surface area contributed by atoms with Crippen molar-refractivity contribution in [3.05, 3.63) is 29.6 Å². The van der Waals surface area contributed by atoms with E-state index in [1.54, 1.807) is 13.0 Å². The highest BCUT2D eigenvalue weighted by molar-refractivity contribution is 5.37. The molecule has 2 N–H and O–H groups in total. The Morgan fingerprint density at radius 3 is 2.89 bits per heavy atom. The van der Waals surface area contributed by atoms with Crippen LogP contribution in [0.5, 0.6) is 5.75 Å². The second kappa shape index (κ2) is 6.38. The second-order valence-corrected chi connectivity index (χ2v) is 5.62. The van der Waals surface area contributed by atoms with E-state index in [4.69, 9.17) is 10.5 Å². The molecule has 19 heavy (non-hydrogen) atoms. The van der Waals surface area contributed by atoms with Gasteiger partial charge in [-0.1, -0.05) is 25.8 Å². The molecule has 0 aromatic heterocycles. The second-order valence-electron chi connectivity index (χ2n) is 5.62. The summed E-state index contributed by atoms with van der Waals surface area (Å²) in [6.45, 7) is 4.02. The lowest BCUT2D eigenvalue weighted by Gasteiger charge is -2.30. The predicted octanol–water partition coefficient (Wildman–Crippen LogP) is 4.19. The van der Waals surface area contributed by atoms with E-state index in [1.165, 1.54) is 25.3 Å². The minimum atomic E-state index is -0.346. The first kappa shape index (κ1) is 14.3. The molecule has 3 unspecified atom stereocenters. The highest BCUT2D eigenvalue weighted by Crippen LogP contribution is 2.33. The van der Waals surface area contributed by atoms with Gasteiger partial charge >= 0.3 is 0 Å². The molecule has 0 radical (unpaired) electrons. The van der Waals surface area contributed by atoms with Gasteiger partial charge in [0.1, 0.15) is 11.6 Å². The van der Waals surface area contributed by atoms with Crippen molar-refractivity contribution >= 4 is 0 Å². The molecule has 106 valence electrons. The highest BCUT2D eigenvalue weighted by atomic mass is 19.1. The Morgan fingerprint density at radius 2 is 2.21 bits per heavy atom. The SMILES string of the molecule is CCC1CCCC(Oc2cccc(F)c2C(C)N)C1. The summed E-state index contributed by atoms with van der Waals surface area (Å²) >= 11 is 0. The fourth-order valence-electron chi connectivity index (χ4n) is 2.96. The molecule has 1 aliphatic carbocycles. The Morgan fingerprint density at radius 1 is 1.42 bits per heavy atom. The van der Waals surface area contributed by atoms with E-state index in [1.807, 2.05) is 6.07 Å². The van der Waals surface area contributed by atoms with E-state index in [9.17, 15) is 4.39 Å². The normalized spacial score (nSPS) is 25.1. The van der Waals surface area contributed by atoms with Gasteiger partial charge in [-0.15, -0.1) is 0 Å². The number of halogens is 1. The molecule has 1 saturated carbocycles. The third kappa shape index (κ3) is 3.47. The molecule has 3 heteroatoms. The van der Waals surface area contributed by atoms with Crippen LogP contribution in [0.25, 0.3) is 0 Å². The van der Waals surface area contributed by atoms with E-state index >= 15 is 0 Å². The standard InChI is InChI=1S/C16H24FNO/c1-3-12-6-4-7-13(10-12)19-15-9-5-8-14(17)16(15)11(2)18/h5,8-9,11-13H,3-4,6-7,10,18H2,1-2H3. The van der Waals surface area contributed by atoms with Gasteiger partial charge in [0.2, 0.25) is 0 Å². The van der Waals surface area contributed by atoms with Crippen LogP contribution in [0.2, 0.25) is 0 Å². The van der Waals surface area contributed by atoms with Crippen molar-refractivity contribution in [1.29, 1.82) is 0 Å². The van der Waals surface area contributed by atoms with Crippen LogP contribution in [-0.2, 0) is 0 Å². The predicted molar refractivity (Wildman–Crippen MR) is 75.7 cm³/mol. The molecule has 3 atom stereocenters. The van der Waals surface area contributed by atoms with Gasteiger partial charge in [-0.25, -0.2) is 4.39 Å². The fourth-order valence-corrected chi connectivity index (χ4v) is 2.96. The molecule has 0 saturated heterocycles. The van der Waals surface area contributed by atoms with Gasteiger partial charge < -0.3 is 10.5 Å². The average molecular weight is 265 g/mol. The van der Waals surface area contributed by atoms with Crippen molar-refractivity contribution in [1.82, 2.24) is 0 Å². The van der Waals surface area contributed by atoms with Crippen LogP contribution < -0.4 is 10.5 Å². The van der Waals surface area contributed by atoms with Crippen LogP contribution >= 0.6 is 0 Å². The Kier molecular flexibility index (Phi) is 4.81. The van der Waals surface area contributed by atoms with Crippen molar-refractivity contribution in [2.45, 2.75) is 58.1 Å². The fraction of sp³-hybridized carbons (Fsp3) is 0.625. The zero-order valence-electron chi connectivity index (χ0n) is 11.9. The molecule has 0 heterocycles. The molecule has 0 bridgehead atoms. The molecule has 2 nitrogen and oxygen atoms in total. The number of benzene rings is 1. The van der Waals surface area contributed by atoms with E-state index in [0.29, 0.717) is 11.3 Å². The third-order valence-electron chi connectivity index (χ3n) is 4.07. The summed E-state index contributed by atoms with van der Waals surface area (Å²) in [7, 11) is 0. The molecule has 0 aliphatic heterocycles. The largest absolute Gasteiger partial charge is 0.490 e. The number of nitrogens with two attached hydrogens (primary N) is 1. The van der Waals surface area contributed by atoms with Crippen LogP contribution in [0.15, 0.2) is 18.2 Å². The summed E-state index contributed by atoms with van der Waals surface area (Å²) in [5.74, 6) is 1.10. The lowest BCUT2D eigenvalue weighted by Crippen LogP contribution is -2.26. The van der Waals surface area contributed by atoms with E-state index in [0.717, 1.165) is 18.8 Å². The van der Waals surface area contributed by atoms with Crippen molar-refractivity contribution < 1.29 is 9.13 Å². The van der Waals surface area contributed by atoms with Crippen LogP contribution in [0.1, 0.15) is 57.6 Å². The van der Waals surface area contributed by atoms with E-state index in [2.05, 4.69) is 6.92 Å². The first-order chi connectivity index (χ1) is 9.11. The molecule has 0 amide bonds. The monoisotopic (exact) mass is 265 g/mol. The summed E-state index contributed by atoms with van der Waals surface area (Å²) < 4.78 is 19.9. The van der Waals surface area contributed by atoms with Crippen molar-refractivity contribution in [2.75, 3.05) is 0 Å². The maximum atomic E-state index is 13.8. The average Bonchev–Trinajstić information content (AvgIpc) is 2.38. The summed E-state index contributed by atoms with van der Waals surface area (Å²) in [4.78, 5) is 0. The summed E-state index contributed by atoms with van der Waals surface area (Å²) in [5, 5.41) is 0. The Labute approximate surface area is 115 Å². The molecule has 0 spiro atoms. The highest BCUT2D eigenvalue weighted by Gasteiger charge is 2.24. The molecule has 1 aromatic rings. The first-order valence-corrected chi connectivity index (χ1v) is 7.32. The minimum Gasteiger partial charge on any atom is -0.490 e. The molecule has 1 fully saturated rings. The van der Waals surface area contributed by atoms with Gasteiger partial charge in [0.05, 0.1) is 6.10 Å². The maximum absolute atomic E-state index is 13.8. The number of rotatable bonds is 4. The van der Waals surface area contributed by atoms with Gasteiger partial charge in [-0.05, 0) is 44.2 Å². The zero-order chi connectivity index (χ0) is 13.8. The van der Waals surface area contributed by atoms with Crippen molar-refractivity contribution in [3.63, 3.8) is 0 Å². The van der Waals surface area contributed by atoms with Crippen LogP contribution in [0.3, 0.4) is 0 Å². The molecule has 1 aliphatic rings. The van der Waals surface area contributed by atoms with Crippen molar-refractivity contribution in [3.8, 4) is 5.75 Å². The van der Waals surface area contributed by atoms with Gasteiger partial charge in [-0.2, -0.15) is 0 Å². The Balaban J connectivity index is 2.12. The quantitative estimate of drug-likeness (QED) is 0.885. The van der Waals surface area contributed by atoms with E-state index in [-0.39, 0.29) is 18.0 Å². The summed E-state index contributed by atoms with van der Waals surface area (Å²) in [6, 6.07) is 4.62. The number of hydrogen-bond acceptors (Lipinski definition) is 2. The molecule has 1 aromatic carbocycles. The third-order valence-corrected chi connectivity index (χ3v) is 4.07. The van der Waals surface area contributed by atoms with Gasteiger partial charge in [0.15, 0.2) is 0 Å². The zero-order valence-corrected chi connectivity index (χ0v) is 11.9. The minimum absolute atomic E-state index is 0.206. The smallest absolute Gasteiger partial charge is 0.131 e. The number of ether oxygens (including phenoxy) is 1. The molecule has 2 rings (SSSR count). The van der Waals surface area contributed by atoms with E-state index < -0.39 is 0 Å². The lowest BCUT2D eigenvalue weighted by molar-refractivity contribution is 0.120. The number of hydrogen-bond donors (Lipinski definition) is 1. The topological polar surface area (TPSA) is 35.2 Å². The van der Waals surface area contributed by atoms with Crippen LogP contribution in [0, 0.1) is 11.7 Å². The van der Waals surface area contributed by atoms with Crippen molar-refractivity contribution in [2.24, 2.45) is 11.7 Å². The summed E-state index contributed by atoms with van der Waals surface area (Å²) in [6.07, 6.45) is 6.03.